The minimum Gasteiger partial charge on any atom is -0.493 e. The van der Waals surface area contributed by atoms with Gasteiger partial charge in [0.05, 0.1) is 18.7 Å². The first-order valence-corrected chi connectivity index (χ1v) is 5.66. The van der Waals surface area contributed by atoms with Crippen molar-refractivity contribution in [2.24, 2.45) is 0 Å². The van der Waals surface area contributed by atoms with E-state index in [1.165, 1.54) is 13.2 Å². The smallest absolute Gasteiger partial charge is 0.340 e. The van der Waals surface area contributed by atoms with Gasteiger partial charge in [-0.15, -0.1) is 0 Å². The molecule has 5 heteroatoms. The van der Waals surface area contributed by atoms with E-state index < -0.39 is 12.1 Å². The standard InChI is InChI=1S/C13H13NO4/c1-16-12-7-9(8-14)4-5-10(12)18-13(15)11-3-2-6-17-11/h4-5,7,11H,2-3,6H2,1H3/t11-/m1/s1. The molecule has 0 spiro atoms. The van der Waals surface area contributed by atoms with Crippen LogP contribution in [0.25, 0.3) is 0 Å². The lowest BCUT2D eigenvalue weighted by atomic mass is 10.2. The Morgan fingerprint density at radius 3 is 2.94 bits per heavy atom. The molecule has 1 aromatic rings. The first kappa shape index (κ1) is 12.4. The summed E-state index contributed by atoms with van der Waals surface area (Å²) in [6, 6.07) is 6.63. The first-order chi connectivity index (χ1) is 8.74. The summed E-state index contributed by atoms with van der Waals surface area (Å²) in [6.07, 6.45) is 1.05. The maximum Gasteiger partial charge on any atom is 0.340 e. The van der Waals surface area contributed by atoms with E-state index in [2.05, 4.69) is 0 Å². The van der Waals surface area contributed by atoms with Crippen molar-refractivity contribution in [2.75, 3.05) is 13.7 Å². The minimum atomic E-state index is -0.495. The molecule has 0 radical (unpaired) electrons. The summed E-state index contributed by atoms with van der Waals surface area (Å²) >= 11 is 0. The van der Waals surface area contributed by atoms with Gasteiger partial charge in [0.25, 0.3) is 0 Å². The molecule has 1 heterocycles. The Balaban J connectivity index is 2.13. The molecule has 5 nitrogen and oxygen atoms in total. The van der Waals surface area contributed by atoms with Crippen molar-refractivity contribution in [3.05, 3.63) is 23.8 Å². The molecular formula is C13H13NO4. The fourth-order valence-corrected chi connectivity index (χ4v) is 1.76. The highest BCUT2D eigenvalue weighted by Crippen LogP contribution is 2.29. The molecule has 1 saturated heterocycles. The van der Waals surface area contributed by atoms with Crippen LogP contribution in [0.5, 0.6) is 11.5 Å². The summed E-state index contributed by atoms with van der Waals surface area (Å²) in [5.74, 6) is 0.243. The van der Waals surface area contributed by atoms with Crippen LogP contribution in [0.1, 0.15) is 18.4 Å². The topological polar surface area (TPSA) is 68.5 Å². The maximum absolute atomic E-state index is 11.8. The predicted octanol–water partition coefficient (Wildman–Crippen LogP) is 1.65. The van der Waals surface area contributed by atoms with Crippen LogP contribution in [0, 0.1) is 11.3 Å². The summed E-state index contributed by atoms with van der Waals surface area (Å²) in [5.41, 5.74) is 0.448. The van der Waals surface area contributed by atoms with E-state index in [1.54, 1.807) is 12.1 Å². The van der Waals surface area contributed by atoms with Crippen LogP contribution in [-0.4, -0.2) is 25.8 Å². The van der Waals surface area contributed by atoms with E-state index in [1.807, 2.05) is 6.07 Å². The first-order valence-electron chi connectivity index (χ1n) is 5.66. The summed E-state index contributed by atoms with van der Waals surface area (Å²) in [6.45, 7) is 0.588. The highest BCUT2D eigenvalue weighted by Gasteiger charge is 2.26. The highest BCUT2D eigenvalue weighted by atomic mass is 16.6. The normalized spacial score (nSPS) is 18.1. The lowest BCUT2D eigenvalue weighted by Gasteiger charge is -2.12. The van der Waals surface area contributed by atoms with Crippen LogP contribution in [0.4, 0.5) is 0 Å². The molecule has 2 rings (SSSR count). The number of rotatable bonds is 3. The van der Waals surface area contributed by atoms with E-state index in [0.717, 1.165) is 6.42 Å². The lowest BCUT2D eigenvalue weighted by Crippen LogP contribution is -2.24. The molecule has 0 bridgehead atoms. The van der Waals surface area contributed by atoms with Gasteiger partial charge in [-0.1, -0.05) is 0 Å². The Bertz CT molecular complexity index is 486. The van der Waals surface area contributed by atoms with Gasteiger partial charge in [-0.3, -0.25) is 0 Å². The summed E-state index contributed by atoms with van der Waals surface area (Å²) in [7, 11) is 1.46. The summed E-state index contributed by atoms with van der Waals surface area (Å²) in [5, 5.41) is 8.77. The second-order valence-corrected chi connectivity index (χ2v) is 3.90. The number of hydrogen-bond acceptors (Lipinski definition) is 5. The van der Waals surface area contributed by atoms with Gasteiger partial charge < -0.3 is 14.2 Å². The zero-order chi connectivity index (χ0) is 13.0. The van der Waals surface area contributed by atoms with Gasteiger partial charge in [-0.25, -0.2) is 4.79 Å². The molecule has 0 amide bonds. The Kier molecular flexibility index (Phi) is 3.80. The van der Waals surface area contributed by atoms with E-state index in [0.29, 0.717) is 30.1 Å². The summed E-state index contributed by atoms with van der Waals surface area (Å²) in [4.78, 5) is 11.8. The number of nitrogens with zero attached hydrogens (tertiary/aromatic N) is 1. The molecule has 0 aliphatic carbocycles. The van der Waals surface area contributed by atoms with Crippen molar-refractivity contribution < 1.29 is 19.0 Å². The Labute approximate surface area is 105 Å². The van der Waals surface area contributed by atoms with E-state index in [9.17, 15) is 4.79 Å². The number of carbonyl (C=O) groups is 1. The summed E-state index contributed by atoms with van der Waals surface area (Å²) < 4.78 is 15.5. The molecule has 1 aromatic carbocycles. The van der Waals surface area contributed by atoms with Crippen molar-refractivity contribution in [3.8, 4) is 17.6 Å². The van der Waals surface area contributed by atoms with Crippen molar-refractivity contribution in [1.29, 1.82) is 5.26 Å². The second-order valence-electron chi connectivity index (χ2n) is 3.90. The van der Waals surface area contributed by atoms with Crippen molar-refractivity contribution in [3.63, 3.8) is 0 Å². The molecule has 0 aromatic heterocycles. The average molecular weight is 247 g/mol. The number of carbonyl (C=O) groups excluding carboxylic acids is 1. The molecule has 0 unspecified atom stereocenters. The number of methoxy groups -OCH3 is 1. The molecule has 0 saturated carbocycles. The molecule has 1 fully saturated rings. The number of hydrogen-bond donors (Lipinski definition) is 0. The molecule has 1 atom stereocenters. The van der Waals surface area contributed by atoms with Crippen LogP contribution in [0.3, 0.4) is 0 Å². The van der Waals surface area contributed by atoms with Gasteiger partial charge in [0.15, 0.2) is 17.6 Å². The molecule has 94 valence electrons. The molecule has 18 heavy (non-hydrogen) atoms. The zero-order valence-corrected chi connectivity index (χ0v) is 10.0. The van der Waals surface area contributed by atoms with Gasteiger partial charge >= 0.3 is 5.97 Å². The fraction of sp³-hybridized carbons (Fsp3) is 0.385. The van der Waals surface area contributed by atoms with Gasteiger partial charge in [-0.05, 0) is 25.0 Å². The SMILES string of the molecule is COc1cc(C#N)ccc1OC(=O)[C@H]1CCCO1. The number of ether oxygens (including phenoxy) is 3. The van der Waals surface area contributed by atoms with Crippen LogP contribution < -0.4 is 9.47 Å². The lowest BCUT2D eigenvalue weighted by molar-refractivity contribution is -0.144. The predicted molar refractivity (Wildman–Crippen MR) is 62.3 cm³/mol. The number of esters is 1. The Morgan fingerprint density at radius 2 is 2.33 bits per heavy atom. The zero-order valence-electron chi connectivity index (χ0n) is 10.0. The van der Waals surface area contributed by atoms with Crippen molar-refractivity contribution >= 4 is 5.97 Å². The molecular weight excluding hydrogens is 234 g/mol. The fourth-order valence-electron chi connectivity index (χ4n) is 1.76. The number of nitriles is 1. The third-order valence-corrected chi connectivity index (χ3v) is 2.70. The molecule has 1 aliphatic heterocycles. The van der Waals surface area contributed by atoms with E-state index in [4.69, 9.17) is 19.5 Å². The highest BCUT2D eigenvalue weighted by molar-refractivity contribution is 5.78. The van der Waals surface area contributed by atoms with Gasteiger partial charge in [0.2, 0.25) is 0 Å². The van der Waals surface area contributed by atoms with Crippen LogP contribution >= 0.6 is 0 Å². The quantitative estimate of drug-likeness (QED) is 0.600. The van der Waals surface area contributed by atoms with Crippen LogP contribution in [-0.2, 0) is 9.53 Å². The average Bonchev–Trinajstić information content (AvgIpc) is 2.93. The minimum absolute atomic E-state index is 0.303. The van der Waals surface area contributed by atoms with Crippen molar-refractivity contribution in [1.82, 2.24) is 0 Å². The second kappa shape index (κ2) is 5.52. The van der Waals surface area contributed by atoms with Gasteiger partial charge in [0.1, 0.15) is 0 Å². The largest absolute Gasteiger partial charge is 0.493 e. The maximum atomic E-state index is 11.8. The third kappa shape index (κ3) is 2.60. The van der Waals surface area contributed by atoms with Crippen LogP contribution in [0.2, 0.25) is 0 Å². The van der Waals surface area contributed by atoms with Gasteiger partial charge in [0, 0.05) is 12.7 Å². The van der Waals surface area contributed by atoms with E-state index >= 15 is 0 Å². The molecule has 0 N–H and O–H groups in total. The number of benzene rings is 1. The van der Waals surface area contributed by atoms with Crippen LogP contribution in [0.15, 0.2) is 18.2 Å². The van der Waals surface area contributed by atoms with Gasteiger partial charge in [-0.2, -0.15) is 5.26 Å². The third-order valence-electron chi connectivity index (χ3n) is 2.70. The molecule has 1 aliphatic rings. The van der Waals surface area contributed by atoms with E-state index in [-0.39, 0.29) is 0 Å². The Hall–Kier alpha value is -2.06. The van der Waals surface area contributed by atoms with Crippen molar-refractivity contribution in [2.45, 2.75) is 18.9 Å². The monoisotopic (exact) mass is 247 g/mol. The Morgan fingerprint density at radius 1 is 1.50 bits per heavy atom.